The van der Waals surface area contributed by atoms with Crippen LogP contribution >= 0.6 is 15.9 Å². The van der Waals surface area contributed by atoms with Gasteiger partial charge in [-0.3, -0.25) is 9.59 Å². The van der Waals surface area contributed by atoms with Crippen LogP contribution in [0.1, 0.15) is 37.4 Å². The van der Waals surface area contributed by atoms with Crippen molar-refractivity contribution in [2.24, 2.45) is 0 Å². The van der Waals surface area contributed by atoms with Crippen LogP contribution in [0.2, 0.25) is 0 Å². The molecule has 0 spiro atoms. The molecule has 1 aromatic heterocycles. The van der Waals surface area contributed by atoms with Crippen LogP contribution in [0.4, 0.5) is 68.5 Å². The first kappa shape index (κ1) is 33.6. The van der Waals surface area contributed by atoms with E-state index in [1.54, 1.807) is 0 Å². The molecule has 0 radical (unpaired) electrons. The lowest BCUT2D eigenvalue weighted by Gasteiger charge is -2.32. The highest BCUT2D eigenvalue weighted by Gasteiger charge is 2.74. The molecule has 0 aliphatic rings. The van der Waals surface area contributed by atoms with Crippen molar-refractivity contribution < 1.29 is 66.7 Å². The van der Waals surface area contributed by atoms with E-state index in [4.69, 9.17) is 0 Å². The first-order valence-electron chi connectivity index (χ1n) is 11.0. The van der Waals surface area contributed by atoms with Gasteiger partial charge in [-0.25, -0.2) is 9.37 Å². The van der Waals surface area contributed by atoms with E-state index in [2.05, 4.69) is 26.2 Å². The van der Waals surface area contributed by atoms with Gasteiger partial charge in [0, 0.05) is 23.0 Å². The first-order valence-corrected chi connectivity index (χ1v) is 11.8. The Kier molecular flexibility index (Phi) is 8.84. The molecule has 3 aromatic rings. The van der Waals surface area contributed by atoms with Gasteiger partial charge in [-0.05, 0) is 58.4 Å². The van der Waals surface area contributed by atoms with Gasteiger partial charge in [-0.1, -0.05) is 6.07 Å². The summed E-state index contributed by atoms with van der Waals surface area (Å²) in [5, 5.41) is 3.47. The van der Waals surface area contributed by atoms with Crippen molar-refractivity contribution in [1.82, 2.24) is 4.98 Å². The van der Waals surface area contributed by atoms with Crippen LogP contribution in [-0.2, 0) is 18.0 Å². The molecule has 2 aromatic carbocycles. The highest BCUT2D eigenvalue weighted by Crippen LogP contribution is 2.55. The molecule has 2 N–H and O–H groups in total. The number of anilines is 2. The Bertz CT molecular complexity index is 1500. The number of nitrogens with zero attached hydrogens (tertiary/aromatic N) is 1. The predicted octanol–water partition coefficient (Wildman–Crippen LogP) is 8.68. The first-order chi connectivity index (χ1) is 19.5. The summed E-state index contributed by atoms with van der Waals surface area (Å²) < 4.78 is 176. The Morgan fingerprint density at radius 2 is 1.21 bits per heavy atom. The molecule has 5 nitrogen and oxygen atoms in total. The summed E-state index contributed by atoms with van der Waals surface area (Å²) in [6, 6.07) is 4.28. The second-order valence-electron chi connectivity index (χ2n) is 8.43. The summed E-state index contributed by atoms with van der Waals surface area (Å²) in [7, 11) is 0. The van der Waals surface area contributed by atoms with Gasteiger partial charge in [0.15, 0.2) is 0 Å². The van der Waals surface area contributed by atoms with E-state index >= 15 is 0 Å². The van der Waals surface area contributed by atoms with Crippen LogP contribution in [-0.4, -0.2) is 29.2 Å². The summed E-state index contributed by atoms with van der Waals surface area (Å²) in [4.78, 5) is 29.0. The predicted molar refractivity (Wildman–Crippen MR) is 126 cm³/mol. The maximum Gasteiger partial charge on any atom is 0.435 e. The third-order valence-electron chi connectivity index (χ3n) is 5.55. The molecule has 0 saturated heterocycles. The van der Waals surface area contributed by atoms with Crippen LogP contribution < -0.4 is 10.6 Å². The Labute approximate surface area is 239 Å². The van der Waals surface area contributed by atoms with Gasteiger partial charge >= 0.3 is 30.4 Å². The number of carbonyl (C=O) groups excluding carboxylic acids is 2. The molecule has 43 heavy (non-hydrogen) atoms. The Hall–Kier alpha value is -3.90. The zero-order valence-electron chi connectivity index (χ0n) is 20.3. The molecule has 19 heteroatoms. The van der Waals surface area contributed by atoms with E-state index in [1.165, 1.54) is 23.6 Å². The number of hydrogen-bond donors (Lipinski definition) is 2. The van der Waals surface area contributed by atoms with Crippen molar-refractivity contribution in [1.29, 1.82) is 0 Å². The fourth-order valence-corrected chi connectivity index (χ4v) is 4.02. The summed E-state index contributed by atoms with van der Waals surface area (Å²) in [5.41, 5.74) is -18.7. The van der Waals surface area contributed by atoms with Crippen LogP contribution in [0.25, 0.3) is 0 Å². The molecule has 0 saturated carbocycles. The van der Waals surface area contributed by atoms with Gasteiger partial charge < -0.3 is 10.6 Å². The second-order valence-corrected chi connectivity index (χ2v) is 9.18. The van der Waals surface area contributed by atoms with Crippen molar-refractivity contribution in [3.8, 4) is 0 Å². The Morgan fingerprint density at radius 3 is 1.67 bits per heavy atom. The number of benzene rings is 2. The third kappa shape index (κ3) is 6.86. The van der Waals surface area contributed by atoms with Gasteiger partial charge in [0.1, 0.15) is 4.60 Å². The third-order valence-corrected chi connectivity index (χ3v) is 6.18. The van der Waals surface area contributed by atoms with E-state index in [1.807, 2.05) is 0 Å². The molecule has 0 fully saturated rings. The van der Waals surface area contributed by atoms with Crippen molar-refractivity contribution in [3.63, 3.8) is 0 Å². The molecular formula is C24H11BrF13N3O2. The molecule has 232 valence electrons. The summed E-state index contributed by atoms with van der Waals surface area (Å²) >= 11 is 3.00. The van der Waals surface area contributed by atoms with Gasteiger partial charge in [-0.2, -0.15) is 52.7 Å². The highest BCUT2D eigenvalue weighted by atomic mass is 79.9. The molecule has 0 atom stereocenters. The molecule has 3 rings (SSSR count). The lowest BCUT2D eigenvalue weighted by molar-refractivity contribution is -0.348. The second kappa shape index (κ2) is 11.3. The Balaban J connectivity index is 2.13. The van der Waals surface area contributed by atoms with E-state index in [0.717, 1.165) is 24.3 Å². The maximum absolute atomic E-state index is 14.5. The minimum atomic E-state index is -7.04. The average Bonchev–Trinajstić information content (AvgIpc) is 2.86. The quantitative estimate of drug-likeness (QED) is 0.207. The SMILES string of the molecule is O=C(Nc1c(C(F)(F)F)cc(C(F)(C(F)(F)F)C(F)(F)F)cc1C(F)(F)F)c1cccc(NC(=O)c2cccnc2Br)c1. The van der Waals surface area contributed by atoms with Crippen LogP contribution in [0.5, 0.6) is 0 Å². The fraction of sp³-hybridized carbons (Fsp3) is 0.208. The van der Waals surface area contributed by atoms with Crippen molar-refractivity contribution in [2.45, 2.75) is 30.4 Å². The van der Waals surface area contributed by atoms with Gasteiger partial charge in [0.25, 0.3) is 11.8 Å². The topological polar surface area (TPSA) is 71.1 Å². The minimum Gasteiger partial charge on any atom is -0.322 e. The molecule has 1 heterocycles. The number of nitrogens with one attached hydrogen (secondary N) is 2. The summed E-state index contributed by atoms with van der Waals surface area (Å²) in [5.74, 6) is -2.59. The zero-order chi connectivity index (χ0) is 32.8. The number of alkyl halides is 13. The smallest absolute Gasteiger partial charge is 0.322 e. The number of amides is 2. The molecule has 0 aliphatic carbocycles. The Morgan fingerprint density at radius 1 is 0.674 bits per heavy atom. The van der Waals surface area contributed by atoms with Crippen molar-refractivity contribution in [3.05, 3.63) is 87.1 Å². The standard InChI is InChI=1S/C24H11BrF13N3O2/c25-17-13(5-2-6-39-17)19(43)40-12-4-1-3-10(7-12)18(42)41-16-14(21(27,28)29)8-11(9-15(16)22(30,31)32)20(26,23(33,34)35)24(36,37)38/h1-9H,(H,40,43)(H,41,42). The normalized spacial score (nSPS) is 13.1. The van der Waals surface area contributed by atoms with Gasteiger partial charge in [0.05, 0.1) is 22.4 Å². The van der Waals surface area contributed by atoms with E-state index in [-0.39, 0.29) is 15.9 Å². The molecule has 0 aliphatic heterocycles. The largest absolute Gasteiger partial charge is 0.435 e. The molecule has 2 amide bonds. The number of carbonyl (C=O) groups is 2. The number of rotatable bonds is 5. The summed E-state index contributed by atoms with van der Waals surface area (Å²) in [6.07, 6.45) is -25.0. The van der Waals surface area contributed by atoms with Gasteiger partial charge in [-0.15, -0.1) is 0 Å². The minimum absolute atomic E-state index is 0.0243. The zero-order valence-corrected chi connectivity index (χ0v) is 21.8. The monoisotopic (exact) mass is 699 g/mol. The van der Waals surface area contributed by atoms with Crippen molar-refractivity contribution in [2.75, 3.05) is 10.6 Å². The molecule has 0 bridgehead atoms. The van der Waals surface area contributed by atoms with E-state index in [0.29, 0.717) is 0 Å². The number of halogens is 14. The van der Waals surface area contributed by atoms with Gasteiger partial charge in [0.2, 0.25) is 0 Å². The number of aromatic nitrogens is 1. The van der Waals surface area contributed by atoms with Crippen molar-refractivity contribution >= 4 is 39.1 Å². The van der Waals surface area contributed by atoms with Crippen LogP contribution in [0, 0.1) is 0 Å². The fourth-order valence-electron chi connectivity index (χ4n) is 3.59. The van der Waals surface area contributed by atoms with E-state index < -0.39 is 82.3 Å². The van der Waals surface area contributed by atoms with Crippen LogP contribution in [0.3, 0.4) is 0 Å². The van der Waals surface area contributed by atoms with E-state index in [9.17, 15) is 66.7 Å². The van der Waals surface area contributed by atoms with Crippen LogP contribution in [0.15, 0.2) is 59.3 Å². The average molecular weight is 700 g/mol. The lowest BCUT2D eigenvalue weighted by Crippen LogP contribution is -2.50. The summed E-state index contributed by atoms with van der Waals surface area (Å²) in [6.45, 7) is 0. The number of hydrogen-bond acceptors (Lipinski definition) is 3. The lowest BCUT2D eigenvalue weighted by atomic mass is 9.89. The highest BCUT2D eigenvalue weighted by molar-refractivity contribution is 9.10. The molecule has 0 unspecified atom stereocenters. The maximum atomic E-state index is 14.5. The molecular weight excluding hydrogens is 689 g/mol. The number of pyridine rings is 1.